The van der Waals surface area contributed by atoms with Gasteiger partial charge in [0.2, 0.25) is 11.8 Å². The zero-order valence-corrected chi connectivity index (χ0v) is 17.6. The number of amides is 3. The largest absolute Gasteiger partial charge is 0.348 e. The first kappa shape index (κ1) is 21.6. The van der Waals surface area contributed by atoms with Crippen molar-refractivity contribution in [2.24, 2.45) is 5.92 Å². The number of anilines is 1. The number of carbonyl (C=O) groups is 3. The summed E-state index contributed by atoms with van der Waals surface area (Å²) in [6.45, 7) is 5.75. The SMILES string of the molecule is CCCCN1CC(C(=O)Nc2ccc(C(=O)NCc3ccc(C)cc3)cc2)CC1=O. The average Bonchev–Trinajstić information content (AvgIpc) is 3.13. The molecule has 30 heavy (non-hydrogen) atoms. The normalized spacial score (nSPS) is 15.9. The minimum absolute atomic E-state index is 0.0456. The van der Waals surface area contributed by atoms with E-state index in [2.05, 4.69) is 17.6 Å². The van der Waals surface area contributed by atoms with Gasteiger partial charge in [-0.2, -0.15) is 0 Å². The van der Waals surface area contributed by atoms with E-state index in [1.54, 1.807) is 29.2 Å². The molecule has 2 N–H and O–H groups in total. The molecule has 0 saturated carbocycles. The highest BCUT2D eigenvalue weighted by molar-refractivity contribution is 5.98. The van der Waals surface area contributed by atoms with Gasteiger partial charge in [0.25, 0.3) is 5.91 Å². The number of hydrogen-bond donors (Lipinski definition) is 2. The van der Waals surface area contributed by atoms with Gasteiger partial charge in [-0.05, 0) is 43.2 Å². The standard InChI is InChI=1S/C24H29N3O3/c1-3-4-13-27-16-20(14-22(27)28)24(30)26-21-11-9-19(10-12-21)23(29)25-15-18-7-5-17(2)6-8-18/h5-12,20H,3-4,13-16H2,1-2H3,(H,25,29)(H,26,30). The van der Waals surface area contributed by atoms with Crippen molar-refractivity contribution in [2.75, 3.05) is 18.4 Å². The summed E-state index contributed by atoms with van der Waals surface area (Å²) in [6.07, 6.45) is 2.23. The Morgan fingerprint density at radius 1 is 1.07 bits per heavy atom. The highest BCUT2D eigenvalue weighted by Gasteiger charge is 2.33. The third-order valence-corrected chi connectivity index (χ3v) is 5.36. The molecule has 2 aromatic rings. The van der Waals surface area contributed by atoms with E-state index in [0.29, 0.717) is 30.9 Å². The summed E-state index contributed by atoms with van der Waals surface area (Å²) in [5, 5.41) is 5.76. The molecule has 0 aliphatic carbocycles. The molecule has 3 rings (SSSR count). The number of benzene rings is 2. The maximum atomic E-state index is 12.5. The summed E-state index contributed by atoms with van der Waals surface area (Å²) < 4.78 is 0. The Morgan fingerprint density at radius 3 is 2.43 bits per heavy atom. The van der Waals surface area contributed by atoms with E-state index in [1.807, 2.05) is 31.2 Å². The van der Waals surface area contributed by atoms with Crippen LogP contribution in [0.5, 0.6) is 0 Å². The molecule has 1 heterocycles. The van der Waals surface area contributed by atoms with Gasteiger partial charge in [0.15, 0.2) is 0 Å². The summed E-state index contributed by atoms with van der Waals surface area (Å²) in [5.74, 6) is -0.601. The van der Waals surface area contributed by atoms with Crippen molar-refractivity contribution in [3.63, 3.8) is 0 Å². The van der Waals surface area contributed by atoms with Gasteiger partial charge in [-0.3, -0.25) is 14.4 Å². The summed E-state index contributed by atoms with van der Waals surface area (Å²) in [4.78, 5) is 38.7. The quantitative estimate of drug-likeness (QED) is 0.703. The fourth-order valence-electron chi connectivity index (χ4n) is 3.45. The smallest absolute Gasteiger partial charge is 0.251 e. The number of likely N-dealkylation sites (tertiary alicyclic amines) is 1. The lowest BCUT2D eigenvalue weighted by molar-refractivity contribution is -0.128. The molecule has 1 saturated heterocycles. The van der Waals surface area contributed by atoms with Crippen LogP contribution < -0.4 is 10.6 Å². The monoisotopic (exact) mass is 407 g/mol. The topological polar surface area (TPSA) is 78.5 Å². The Bertz CT molecular complexity index is 891. The van der Waals surface area contributed by atoms with Crippen LogP contribution >= 0.6 is 0 Å². The lowest BCUT2D eigenvalue weighted by Gasteiger charge is -2.16. The number of nitrogens with zero attached hydrogens (tertiary/aromatic N) is 1. The van der Waals surface area contributed by atoms with Crippen LogP contribution in [0.1, 0.15) is 47.7 Å². The first-order valence-electron chi connectivity index (χ1n) is 10.5. The van der Waals surface area contributed by atoms with E-state index in [0.717, 1.165) is 18.4 Å². The molecule has 6 heteroatoms. The zero-order valence-electron chi connectivity index (χ0n) is 17.6. The van der Waals surface area contributed by atoms with Gasteiger partial charge in [-0.1, -0.05) is 43.2 Å². The second-order valence-corrected chi connectivity index (χ2v) is 7.83. The molecular formula is C24H29N3O3. The number of aryl methyl sites for hydroxylation is 1. The molecule has 2 aromatic carbocycles. The number of rotatable bonds is 8. The predicted molar refractivity (Wildman–Crippen MR) is 117 cm³/mol. The predicted octanol–water partition coefficient (Wildman–Crippen LogP) is 3.51. The molecule has 1 aliphatic heterocycles. The van der Waals surface area contributed by atoms with Gasteiger partial charge in [0.05, 0.1) is 5.92 Å². The summed E-state index contributed by atoms with van der Waals surface area (Å²) in [5.41, 5.74) is 3.37. The molecule has 0 radical (unpaired) electrons. The third kappa shape index (κ3) is 5.69. The minimum atomic E-state index is -0.327. The van der Waals surface area contributed by atoms with Crippen molar-refractivity contribution in [1.82, 2.24) is 10.2 Å². The number of nitrogens with one attached hydrogen (secondary N) is 2. The molecule has 1 atom stereocenters. The second-order valence-electron chi connectivity index (χ2n) is 7.83. The second kappa shape index (κ2) is 10.1. The average molecular weight is 408 g/mol. The van der Waals surface area contributed by atoms with Crippen LogP contribution in [0.3, 0.4) is 0 Å². The molecule has 0 aromatic heterocycles. The van der Waals surface area contributed by atoms with Crippen LogP contribution in [-0.4, -0.2) is 35.7 Å². The van der Waals surface area contributed by atoms with Crippen molar-refractivity contribution in [2.45, 2.75) is 39.7 Å². The van der Waals surface area contributed by atoms with Gasteiger partial charge in [0, 0.05) is 37.3 Å². The van der Waals surface area contributed by atoms with E-state index < -0.39 is 0 Å². The fourth-order valence-corrected chi connectivity index (χ4v) is 3.45. The lowest BCUT2D eigenvalue weighted by atomic mass is 10.1. The van der Waals surface area contributed by atoms with Crippen molar-refractivity contribution in [3.05, 3.63) is 65.2 Å². The van der Waals surface area contributed by atoms with Crippen LogP contribution in [0.25, 0.3) is 0 Å². The maximum Gasteiger partial charge on any atom is 0.251 e. The molecule has 1 fully saturated rings. The van der Waals surface area contributed by atoms with Crippen LogP contribution in [0.4, 0.5) is 5.69 Å². The number of carbonyl (C=O) groups excluding carboxylic acids is 3. The summed E-state index contributed by atoms with van der Waals surface area (Å²) in [7, 11) is 0. The van der Waals surface area contributed by atoms with Crippen molar-refractivity contribution >= 4 is 23.4 Å². The Balaban J connectivity index is 1.50. The summed E-state index contributed by atoms with van der Waals surface area (Å²) in [6, 6.07) is 14.8. The van der Waals surface area contributed by atoms with Gasteiger partial charge >= 0.3 is 0 Å². The summed E-state index contributed by atoms with van der Waals surface area (Å²) >= 11 is 0. The Kier molecular flexibility index (Phi) is 7.22. The number of hydrogen-bond acceptors (Lipinski definition) is 3. The van der Waals surface area contributed by atoms with E-state index in [-0.39, 0.29) is 30.1 Å². The van der Waals surface area contributed by atoms with Gasteiger partial charge in [0.1, 0.15) is 0 Å². The molecule has 158 valence electrons. The van der Waals surface area contributed by atoms with Crippen molar-refractivity contribution in [1.29, 1.82) is 0 Å². The van der Waals surface area contributed by atoms with Gasteiger partial charge in [-0.15, -0.1) is 0 Å². The molecule has 0 bridgehead atoms. The van der Waals surface area contributed by atoms with E-state index in [9.17, 15) is 14.4 Å². The van der Waals surface area contributed by atoms with E-state index in [4.69, 9.17) is 0 Å². The Hall–Kier alpha value is -3.15. The van der Waals surface area contributed by atoms with Crippen molar-refractivity contribution < 1.29 is 14.4 Å². The Morgan fingerprint density at radius 2 is 1.77 bits per heavy atom. The molecule has 1 aliphatic rings. The van der Waals surface area contributed by atoms with Crippen LogP contribution in [0, 0.1) is 12.8 Å². The van der Waals surface area contributed by atoms with E-state index in [1.165, 1.54) is 5.56 Å². The molecule has 1 unspecified atom stereocenters. The van der Waals surface area contributed by atoms with Gasteiger partial charge in [-0.25, -0.2) is 0 Å². The zero-order chi connectivity index (χ0) is 21.5. The van der Waals surface area contributed by atoms with Crippen LogP contribution in [0.2, 0.25) is 0 Å². The van der Waals surface area contributed by atoms with Crippen molar-refractivity contribution in [3.8, 4) is 0 Å². The fraction of sp³-hybridized carbons (Fsp3) is 0.375. The first-order chi connectivity index (χ1) is 14.5. The maximum absolute atomic E-state index is 12.5. The minimum Gasteiger partial charge on any atom is -0.348 e. The lowest BCUT2D eigenvalue weighted by Crippen LogP contribution is -2.29. The van der Waals surface area contributed by atoms with Crippen LogP contribution in [0.15, 0.2) is 48.5 Å². The van der Waals surface area contributed by atoms with Gasteiger partial charge < -0.3 is 15.5 Å². The molecule has 3 amide bonds. The molecule has 6 nitrogen and oxygen atoms in total. The molecular weight excluding hydrogens is 378 g/mol. The van der Waals surface area contributed by atoms with E-state index >= 15 is 0 Å². The third-order valence-electron chi connectivity index (χ3n) is 5.36. The molecule has 0 spiro atoms. The first-order valence-corrected chi connectivity index (χ1v) is 10.5. The highest BCUT2D eigenvalue weighted by Crippen LogP contribution is 2.20. The van der Waals surface area contributed by atoms with Crippen LogP contribution in [-0.2, 0) is 16.1 Å². The number of unbranched alkanes of at least 4 members (excludes halogenated alkanes) is 1. The Labute approximate surface area is 177 Å². The highest BCUT2D eigenvalue weighted by atomic mass is 16.2.